The maximum Gasteiger partial charge on any atom is 0.320 e. The van der Waals surface area contributed by atoms with Crippen LogP contribution in [0.4, 0.5) is 10.6 Å². The summed E-state index contributed by atoms with van der Waals surface area (Å²) in [5, 5.41) is 23.2. The summed E-state index contributed by atoms with van der Waals surface area (Å²) in [5.74, 6) is -0.0577. The van der Waals surface area contributed by atoms with E-state index in [1.165, 1.54) is 4.68 Å². The van der Waals surface area contributed by atoms with Gasteiger partial charge in [0.05, 0.1) is 23.4 Å². The zero-order valence-corrected chi connectivity index (χ0v) is 19.1. The standard InChI is InChI=1S/C22H32N6O4/c1-5-7-13(2)23-22(31)25-20-19(26-27-28(20)4)17-10-11-18(14(3)24-17)32-16-9-6-8-15(12-16)21(29)30/h10-11,13,15-16H,5-9,12H2,1-4H3,(H,29,30)(H2,23,25,31)/t13?,15-,16-/m0/s1. The van der Waals surface area contributed by atoms with Gasteiger partial charge in [-0.25, -0.2) is 14.5 Å². The van der Waals surface area contributed by atoms with E-state index < -0.39 is 5.97 Å². The van der Waals surface area contributed by atoms with Crippen LogP contribution in [0.2, 0.25) is 0 Å². The number of nitrogens with zero attached hydrogens (tertiary/aromatic N) is 4. The van der Waals surface area contributed by atoms with Gasteiger partial charge in [-0.05, 0) is 58.1 Å². The van der Waals surface area contributed by atoms with Gasteiger partial charge >= 0.3 is 12.0 Å². The number of hydrogen-bond donors (Lipinski definition) is 3. The van der Waals surface area contributed by atoms with Crippen LogP contribution in [-0.4, -0.2) is 49.2 Å². The highest BCUT2D eigenvalue weighted by Crippen LogP contribution is 2.31. The van der Waals surface area contributed by atoms with Gasteiger partial charge in [-0.2, -0.15) is 0 Å². The Balaban J connectivity index is 1.72. The first-order valence-electron chi connectivity index (χ1n) is 11.1. The number of aryl methyl sites for hydroxylation is 2. The van der Waals surface area contributed by atoms with Crippen molar-refractivity contribution in [2.75, 3.05) is 5.32 Å². The molecule has 10 heteroatoms. The lowest BCUT2D eigenvalue weighted by Crippen LogP contribution is -2.36. The molecule has 2 aromatic heterocycles. The van der Waals surface area contributed by atoms with E-state index >= 15 is 0 Å². The molecule has 2 aromatic rings. The van der Waals surface area contributed by atoms with Crippen LogP contribution in [0.25, 0.3) is 11.4 Å². The van der Waals surface area contributed by atoms with Crippen molar-refractivity contribution in [3.8, 4) is 17.1 Å². The van der Waals surface area contributed by atoms with Gasteiger partial charge in [0.2, 0.25) is 0 Å². The van der Waals surface area contributed by atoms with Gasteiger partial charge in [0, 0.05) is 13.1 Å². The fourth-order valence-electron chi connectivity index (χ4n) is 4.00. The molecule has 0 aliphatic heterocycles. The van der Waals surface area contributed by atoms with Gasteiger partial charge in [-0.15, -0.1) is 5.10 Å². The first-order valence-corrected chi connectivity index (χ1v) is 11.1. The molecular formula is C22H32N6O4. The van der Waals surface area contributed by atoms with Crippen molar-refractivity contribution in [2.45, 2.75) is 71.4 Å². The van der Waals surface area contributed by atoms with Crippen molar-refractivity contribution in [2.24, 2.45) is 13.0 Å². The van der Waals surface area contributed by atoms with Crippen molar-refractivity contribution in [1.29, 1.82) is 0 Å². The number of rotatable bonds is 8. The van der Waals surface area contributed by atoms with Crippen molar-refractivity contribution < 1.29 is 19.4 Å². The summed E-state index contributed by atoms with van der Waals surface area (Å²) in [7, 11) is 1.70. The second kappa shape index (κ2) is 10.4. The number of carboxylic acid groups (broad SMARTS) is 1. The normalized spacial score (nSPS) is 19.2. The number of urea groups is 1. The molecule has 10 nitrogen and oxygen atoms in total. The number of hydrogen-bond acceptors (Lipinski definition) is 6. The molecule has 2 heterocycles. The highest BCUT2D eigenvalue weighted by Gasteiger charge is 2.28. The number of carbonyl (C=O) groups excluding carboxylic acids is 1. The summed E-state index contributed by atoms with van der Waals surface area (Å²) in [6.07, 6.45) is 4.59. The Morgan fingerprint density at radius 1 is 1.34 bits per heavy atom. The van der Waals surface area contributed by atoms with Crippen LogP contribution in [0.1, 0.15) is 58.1 Å². The highest BCUT2D eigenvalue weighted by molar-refractivity contribution is 5.92. The van der Waals surface area contributed by atoms with E-state index in [2.05, 4.69) is 32.9 Å². The summed E-state index contributed by atoms with van der Waals surface area (Å²) in [6.45, 7) is 5.86. The molecule has 3 atom stereocenters. The topological polar surface area (TPSA) is 131 Å². The van der Waals surface area contributed by atoms with Crippen LogP contribution in [-0.2, 0) is 11.8 Å². The average molecular weight is 445 g/mol. The van der Waals surface area contributed by atoms with E-state index in [0.717, 1.165) is 25.7 Å². The van der Waals surface area contributed by atoms with Crippen LogP contribution < -0.4 is 15.4 Å². The average Bonchev–Trinajstić information content (AvgIpc) is 3.10. The van der Waals surface area contributed by atoms with Crippen LogP contribution in [0.5, 0.6) is 5.75 Å². The Morgan fingerprint density at radius 3 is 2.81 bits per heavy atom. The Morgan fingerprint density at radius 2 is 2.12 bits per heavy atom. The molecule has 0 bridgehead atoms. The first-order chi connectivity index (χ1) is 15.3. The van der Waals surface area contributed by atoms with Crippen molar-refractivity contribution >= 4 is 17.8 Å². The number of pyridine rings is 1. The molecule has 3 rings (SSSR count). The van der Waals surface area contributed by atoms with E-state index in [-0.39, 0.29) is 24.1 Å². The Hall–Kier alpha value is -3.17. The smallest absolute Gasteiger partial charge is 0.320 e. The molecule has 3 N–H and O–H groups in total. The Labute approximate surface area is 187 Å². The van der Waals surface area contributed by atoms with Gasteiger partial charge in [0.15, 0.2) is 11.5 Å². The minimum atomic E-state index is -0.765. The summed E-state index contributed by atoms with van der Waals surface area (Å²) >= 11 is 0. The van der Waals surface area contributed by atoms with Crippen LogP contribution >= 0.6 is 0 Å². The zero-order valence-electron chi connectivity index (χ0n) is 19.1. The number of aliphatic carboxylic acids is 1. The fraction of sp³-hybridized carbons (Fsp3) is 0.591. The quantitative estimate of drug-likeness (QED) is 0.568. The van der Waals surface area contributed by atoms with Gasteiger partial charge in [0.25, 0.3) is 0 Å². The van der Waals surface area contributed by atoms with Gasteiger partial charge in [0.1, 0.15) is 5.75 Å². The lowest BCUT2D eigenvalue weighted by molar-refractivity contribution is -0.143. The molecule has 1 unspecified atom stereocenters. The molecule has 174 valence electrons. The maximum atomic E-state index is 12.4. The van der Waals surface area contributed by atoms with Crippen molar-refractivity contribution in [3.63, 3.8) is 0 Å². The highest BCUT2D eigenvalue weighted by atomic mass is 16.5. The molecule has 2 amide bonds. The van der Waals surface area contributed by atoms with E-state index in [1.807, 2.05) is 19.9 Å². The third-order valence-corrected chi connectivity index (χ3v) is 5.71. The number of ether oxygens (including phenoxy) is 1. The van der Waals surface area contributed by atoms with Gasteiger partial charge in [-0.3, -0.25) is 10.1 Å². The van der Waals surface area contributed by atoms with Crippen molar-refractivity contribution in [1.82, 2.24) is 25.3 Å². The van der Waals surface area contributed by atoms with E-state index in [9.17, 15) is 14.7 Å². The van der Waals surface area contributed by atoms with E-state index in [1.54, 1.807) is 13.1 Å². The SMILES string of the molecule is CCCC(C)NC(=O)Nc1c(-c2ccc(O[C@H]3CCC[C@H](C(=O)O)C3)c(C)n2)nnn1C. The molecule has 32 heavy (non-hydrogen) atoms. The number of anilines is 1. The van der Waals surface area contributed by atoms with Gasteiger partial charge in [-0.1, -0.05) is 18.6 Å². The molecule has 1 saturated carbocycles. The minimum Gasteiger partial charge on any atom is -0.489 e. The second-order valence-corrected chi connectivity index (χ2v) is 8.42. The lowest BCUT2D eigenvalue weighted by atomic mass is 9.87. The Kier molecular flexibility index (Phi) is 7.66. The zero-order chi connectivity index (χ0) is 23.3. The fourth-order valence-corrected chi connectivity index (χ4v) is 4.00. The summed E-state index contributed by atoms with van der Waals surface area (Å²) in [5.41, 5.74) is 1.69. The number of carbonyl (C=O) groups is 2. The first kappa shape index (κ1) is 23.5. The van der Waals surface area contributed by atoms with E-state index in [0.29, 0.717) is 41.5 Å². The molecule has 0 aromatic carbocycles. The van der Waals surface area contributed by atoms with Crippen molar-refractivity contribution in [3.05, 3.63) is 17.8 Å². The predicted molar refractivity (Wildman–Crippen MR) is 120 cm³/mol. The molecular weight excluding hydrogens is 412 g/mol. The number of aromatic nitrogens is 4. The molecule has 1 aliphatic carbocycles. The molecule has 1 fully saturated rings. The number of nitrogens with one attached hydrogen (secondary N) is 2. The molecule has 0 radical (unpaired) electrons. The molecule has 1 aliphatic rings. The predicted octanol–water partition coefficient (Wildman–Crippen LogP) is 3.52. The van der Waals surface area contributed by atoms with Crippen LogP contribution in [0.3, 0.4) is 0 Å². The summed E-state index contributed by atoms with van der Waals surface area (Å²) in [6, 6.07) is 3.32. The lowest BCUT2D eigenvalue weighted by Gasteiger charge is -2.27. The molecule has 0 saturated heterocycles. The second-order valence-electron chi connectivity index (χ2n) is 8.42. The maximum absolute atomic E-state index is 12.4. The third kappa shape index (κ3) is 5.74. The largest absolute Gasteiger partial charge is 0.489 e. The molecule has 0 spiro atoms. The monoisotopic (exact) mass is 444 g/mol. The number of amides is 2. The van der Waals surface area contributed by atoms with E-state index in [4.69, 9.17) is 4.74 Å². The summed E-state index contributed by atoms with van der Waals surface area (Å²) < 4.78 is 7.57. The summed E-state index contributed by atoms with van der Waals surface area (Å²) in [4.78, 5) is 28.3. The van der Waals surface area contributed by atoms with Gasteiger partial charge < -0.3 is 15.2 Å². The minimum absolute atomic E-state index is 0.0574. The van der Waals surface area contributed by atoms with Crippen LogP contribution in [0, 0.1) is 12.8 Å². The third-order valence-electron chi connectivity index (χ3n) is 5.71. The Bertz CT molecular complexity index is 960. The van der Waals surface area contributed by atoms with Crippen LogP contribution in [0.15, 0.2) is 12.1 Å². The number of carboxylic acids is 1.